The molecule has 0 spiro atoms. The maximum absolute atomic E-state index is 10.0. The number of rotatable bonds is 1. The van der Waals surface area contributed by atoms with Crippen LogP contribution in [0.3, 0.4) is 0 Å². The molecule has 0 heterocycles. The lowest BCUT2D eigenvalue weighted by Gasteiger charge is -2.44. The molecule has 0 amide bonds. The van der Waals surface area contributed by atoms with Crippen molar-refractivity contribution in [3.8, 4) is 0 Å². The van der Waals surface area contributed by atoms with Crippen molar-refractivity contribution < 1.29 is 5.11 Å². The third-order valence-electron chi connectivity index (χ3n) is 4.00. The molecule has 0 aromatic heterocycles. The molecule has 1 aromatic carbocycles. The van der Waals surface area contributed by atoms with Gasteiger partial charge in [0, 0.05) is 9.89 Å². The summed E-state index contributed by atoms with van der Waals surface area (Å²) < 4.78 is 1.12. The van der Waals surface area contributed by atoms with Crippen LogP contribution in [-0.4, -0.2) is 11.2 Å². The van der Waals surface area contributed by atoms with Crippen LogP contribution in [0.15, 0.2) is 28.7 Å². The number of hydrogen-bond acceptors (Lipinski definition) is 1. The lowest BCUT2D eigenvalue weighted by molar-refractivity contribution is -0.0175. The summed E-state index contributed by atoms with van der Waals surface area (Å²) in [7, 11) is 0. The van der Waals surface area contributed by atoms with Crippen molar-refractivity contribution in [3.05, 3.63) is 34.3 Å². The second-order valence-corrected chi connectivity index (χ2v) is 5.53. The molecule has 3 unspecified atom stereocenters. The van der Waals surface area contributed by atoms with Crippen LogP contribution < -0.4 is 0 Å². The van der Waals surface area contributed by atoms with E-state index in [1.807, 2.05) is 6.07 Å². The van der Waals surface area contributed by atoms with E-state index in [0.717, 1.165) is 10.9 Å². The molecule has 3 saturated carbocycles. The summed E-state index contributed by atoms with van der Waals surface area (Å²) in [4.78, 5) is 0. The zero-order valence-corrected chi connectivity index (χ0v) is 9.50. The Morgan fingerprint density at radius 3 is 2.86 bits per heavy atom. The van der Waals surface area contributed by atoms with Gasteiger partial charge in [-0.3, -0.25) is 0 Å². The molecule has 3 fully saturated rings. The molecule has 2 heteroatoms. The zero-order valence-electron chi connectivity index (χ0n) is 7.91. The van der Waals surface area contributed by atoms with E-state index in [4.69, 9.17) is 0 Å². The van der Waals surface area contributed by atoms with Crippen LogP contribution in [0.2, 0.25) is 0 Å². The molecular weight excluding hydrogens is 240 g/mol. The summed E-state index contributed by atoms with van der Waals surface area (Å²) in [6.45, 7) is 0. The highest BCUT2D eigenvalue weighted by Crippen LogP contribution is 2.59. The fourth-order valence-corrected chi connectivity index (χ4v) is 3.57. The second-order valence-electron chi connectivity index (χ2n) is 4.61. The Hall–Kier alpha value is -0.340. The molecular formula is C12H13BrO. The first kappa shape index (κ1) is 8.93. The van der Waals surface area contributed by atoms with Crippen molar-refractivity contribution in [1.29, 1.82) is 0 Å². The van der Waals surface area contributed by atoms with E-state index in [-0.39, 0.29) is 11.5 Å². The minimum Gasteiger partial charge on any atom is -0.392 e. The van der Waals surface area contributed by atoms with Crippen LogP contribution in [0.25, 0.3) is 0 Å². The molecule has 0 radical (unpaired) electrons. The van der Waals surface area contributed by atoms with Crippen LogP contribution in [-0.2, 0) is 5.41 Å². The Kier molecular flexibility index (Phi) is 1.80. The van der Waals surface area contributed by atoms with Crippen LogP contribution in [0, 0.1) is 5.92 Å². The predicted octanol–water partition coefficient (Wildman–Crippen LogP) is 2.86. The zero-order chi connectivity index (χ0) is 9.76. The Balaban J connectivity index is 2.03. The van der Waals surface area contributed by atoms with Crippen LogP contribution >= 0.6 is 15.9 Å². The third kappa shape index (κ3) is 0.986. The molecule has 74 valence electrons. The average molecular weight is 253 g/mol. The lowest BCUT2D eigenvalue weighted by atomic mass is 9.63. The van der Waals surface area contributed by atoms with Gasteiger partial charge < -0.3 is 5.11 Å². The Labute approximate surface area is 92.3 Å². The van der Waals surface area contributed by atoms with E-state index in [1.54, 1.807) is 0 Å². The van der Waals surface area contributed by atoms with E-state index in [2.05, 4.69) is 34.1 Å². The monoisotopic (exact) mass is 252 g/mol. The number of benzene rings is 1. The van der Waals surface area contributed by atoms with Gasteiger partial charge in [0.25, 0.3) is 0 Å². The van der Waals surface area contributed by atoms with Gasteiger partial charge in [0.05, 0.1) is 6.10 Å². The van der Waals surface area contributed by atoms with Crippen molar-refractivity contribution in [1.82, 2.24) is 0 Å². The van der Waals surface area contributed by atoms with Gasteiger partial charge in [0.2, 0.25) is 0 Å². The fourth-order valence-electron chi connectivity index (χ4n) is 3.17. The number of hydrogen-bond donors (Lipinski definition) is 1. The summed E-state index contributed by atoms with van der Waals surface area (Å²) >= 11 is 3.49. The van der Waals surface area contributed by atoms with Gasteiger partial charge >= 0.3 is 0 Å². The highest BCUT2D eigenvalue weighted by atomic mass is 79.9. The van der Waals surface area contributed by atoms with Gasteiger partial charge in [0.1, 0.15) is 0 Å². The standard InChI is InChI=1S/C12H13BrO/c13-10-3-1-2-9(6-10)12-5-4-8(7-12)11(12)14/h1-3,6,8,11,14H,4-5,7H2. The molecule has 1 nitrogen and oxygen atoms in total. The molecule has 0 saturated heterocycles. The van der Waals surface area contributed by atoms with E-state index < -0.39 is 0 Å². The number of aliphatic hydroxyl groups is 1. The Bertz CT molecular complexity index is 372. The van der Waals surface area contributed by atoms with Crippen molar-refractivity contribution in [2.24, 2.45) is 5.92 Å². The molecule has 14 heavy (non-hydrogen) atoms. The van der Waals surface area contributed by atoms with Crippen LogP contribution in [0.1, 0.15) is 24.8 Å². The minimum atomic E-state index is -0.0863. The lowest BCUT2D eigenvalue weighted by Crippen LogP contribution is -2.48. The molecule has 3 atom stereocenters. The molecule has 1 N–H and O–H groups in total. The molecule has 3 aliphatic carbocycles. The van der Waals surface area contributed by atoms with Crippen molar-refractivity contribution in [3.63, 3.8) is 0 Å². The van der Waals surface area contributed by atoms with Gasteiger partial charge in [-0.15, -0.1) is 0 Å². The number of fused-ring (bicyclic) bond motifs is 1. The maximum Gasteiger partial charge on any atom is 0.0665 e. The SMILES string of the molecule is OC1C2CCC1(c1cccc(Br)c1)C2. The van der Waals surface area contributed by atoms with Crippen LogP contribution in [0.5, 0.6) is 0 Å². The summed E-state index contributed by atoms with van der Waals surface area (Å²) in [6.07, 6.45) is 3.46. The molecule has 1 aromatic rings. The van der Waals surface area contributed by atoms with E-state index in [9.17, 15) is 5.11 Å². The predicted molar refractivity (Wildman–Crippen MR) is 59.2 cm³/mol. The average Bonchev–Trinajstić information content (AvgIpc) is 2.75. The Morgan fingerprint density at radius 2 is 2.29 bits per heavy atom. The Morgan fingerprint density at radius 1 is 1.43 bits per heavy atom. The van der Waals surface area contributed by atoms with Crippen molar-refractivity contribution in [2.45, 2.75) is 30.8 Å². The van der Waals surface area contributed by atoms with Gasteiger partial charge in [-0.25, -0.2) is 0 Å². The summed E-state index contributed by atoms with van der Waals surface area (Å²) in [5.74, 6) is 0.578. The van der Waals surface area contributed by atoms with E-state index >= 15 is 0 Å². The smallest absolute Gasteiger partial charge is 0.0665 e. The van der Waals surface area contributed by atoms with Crippen LogP contribution in [0.4, 0.5) is 0 Å². The highest BCUT2D eigenvalue weighted by molar-refractivity contribution is 9.10. The minimum absolute atomic E-state index is 0.0863. The molecule has 4 rings (SSSR count). The summed E-state index contributed by atoms with van der Waals surface area (Å²) in [6, 6.07) is 8.41. The molecule has 0 aliphatic heterocycles. The van der Waals surface area contributed by atoms with Gasteiger partial charge in [-0.05, 0) is 42.9 Å². The first-order valence-electron chi connectivity index (χ1n) is 5.16. The normalized spacial score (nSPS) is 39.6. The van der Waals surface area contributed by atoms with Gasteiger partial charge in [0.15, 0.2) is 0 Å². The quantitative estimate of drug-likeness (QED) is 0.815. The van der Waals surface area contributed by atoms with Crippen molar-refractivity contribution in [2.75, 3.05) is 0 Å². The maximum atomic E-state index is 10.0. The van der Waals surface area contributed by atoms with Crippen molar-refractivity contribution >= 4 is 15.9 Å². The van der Waals surface area contributed by atoms with Gasteiger partial charge in [-0.1, -0.05) is 28.1 Å². The van der Waals surface area contributed by atoms with Gasteiger partial charge in [-0.2, -0.15) is 0 Å². The topological polar surface area (TPSA) is 20.2 Å². The number of aliphatic hydroxyl groups excluding tert-OH is 1. The fraction of sp³-hybridized carbons (Fsp3) is 0.500. The number of halogens is 1. The molecule has 3 aliphatic rings. The first-order valence-corrected chi connectivity index (χ1v) is 5.96. The first-order chi connectivity index (χ1) is 6.72. The molecule has 2 bridgehead atoms. The largest absolute Gasteiger partial charge is 0.392 e. The van der Waals surface area contributed by atoms with E-state index in [1.165, 1.54) is 18.4 Å². The highest BCUT2D eigenvalue weighted by Gasteiger charge is 2.59. The summed E-state index contributed by atoms with van der Waals surface area (Å²) in [5.41, 5.74) is 1.42. The van der Waals surface area contributed by atoms with E-state index in [0.29, 0.717) is 5.92 Å². The summed E-state index contributed by atoms with van der Waals surface area (Å²) in [5, 5.41) is 10.0. The second kappa shape index (κ2) is 2.83. The third-order valence-corrected chi connectivity index (χ3v) is 4.49.